The second-order valence-electron chi connectivity index (χ2n) is 14.5. The number of rotatable bonds is 16. The smallest absolute Gasteiger partial charge is 0.407 e. The minimum Gasteiger partial charge on any atom is -0.493 e. The van der Waals surface area contributed by atoms with Gasteiger partial charge < -0.3 is 39.5 Å². The summed E-state index contributed by atoms with van der Waals surface area (Å²) in [7, 11) is 3.79. The lowest BCUT2D eigenvalue weighted by Crippen LogP contribution is -2.47. The normalized spacial score (nSPS) is 13.8. The average molecular weight is 730 g/mol. The molecule has 4 rings (SSSR count). The van der Waals surface area contributed by atoms with Gasteiger partial charge in [-0.05, 0) is 102 Å². The molecule has 3 aromatic rings. The van der Waals surface area contributed by atoms with E-state index in [1.807, 2.05) is 29.2 Å². The van der Waals surface area contributed by atoms with Crippen LogP contribution in [0.2, 0.25) is 0 Å². The van der Waals surface area contributed by atoms with Gasteiger partial charge in [0.15, 0.2) is 0 Å². The van der Waals surface area contributed by atoms with Crippen LogP contribution in [0.15, 0.2) is 72.8 Å². The molecule has 4 amide bonds. The van der Waals surface area contributed by atoms with E-state index < -0.39 is 11.7 Å². The SMILES string of the molecule is CC(CCOc1ccccc1N(C)C(=O)c1ccc(NC(=O)c2ccccc2OCCCNC(=O)OC(C)(C)C)cc1)CCC(=O)N1CCN(C)CC1. The summed E-state index contributed by atoms with van der Waals surface area (Å²) in [6, 6.07) is 21.1. The van der Waals surface area contributed by atoms with Crippen LogP contribution in [-0.2, 0) is 9.53 Å². The number of carbonyl (C=O) groups is 4. The first-order valence-electron chi connectivity index (χ1n) is 18.4. The van der Waals surface area contributed by atoms with Gasteiger partial charge in [0, 0.05) is 57.4 Å². The number of amides is 4. The molecule has 286 valence electrons. The van der Waals surface area contributed by atoms with Gasteiger partial charge in [0.1, 0.15) is 17.1 Å². The Morgan fingerprint density at radius 2 is 1.47 bits per heavy atom. The monoisotopic (exact) mass is 729 g/mol. The van der Waals surface area contributed by atoms with Crippen molar-refractivity contribution in [2.24, 2.45) is 5.92 Å². The summed E-state index contributed by atoms with van der Waals surface area (Å²) >= 11 is 0. The highest BCUT2D eigenvalue weighted by Crippen LogP contribution is 2.29. The number of alkyl carbamates (subject to hydrolysis) is 1. The molecule has 0 aliphatic carbocycles. The third-order valence-electron chi connectivity index (χ3n) is 8.87. The van der Waals surface area contributed by atoms with Crippen LogP contribution in [0.5, 0.6) is 11.5 Å². The maximum absolute atomic E-state index is 13.5. The molecule has 0 bridgehead atoms. The standard InChI is InChI=1S/C41H55N5O7/c1-30(16-21-37(47)46-26-24-44(5)25-27-46)22-29-52-36-15-10-8-13-34(36)45(6)39(49)31-17-19-32(20-18-31)43-38(48)33-12-7-9-14-35(33)51-28-11-23-42-40(50)53-41(2,3)4/h7-10,12-15,17-20,30H,11,16,21-29H2,1-6H3,(H,42,50)(H,43,48). The van der Waals surface area contributed by atoms with Crippen molar-refractivity contribution in [3.05, 3.63) is 83.9 Å². The van der Waals surface area contributed by atoms with Crippen LogP contribution >= 0.6 is 0 Å². The molecular weight excluding hydrogens is 674 g/mol. The van der Waals surface area contributed by atoms with E-state index in [1.165, 1.54) is 0 Å². The topological polar surface area (TPSA) is 130 Å². The van der Waals surface area contributed by atoms with Crippen molar-refractivity contribution in [1.82, 2.24) is 15.1 Å². The molecular formula is C41H55N5O7. The molecule has 1 atom stereocenters. The molecule has 3 aromatic carbocycles. The van der Waals surface area contributed by atoms with E-state index in [2.05, 4.69) is 29.5 Å². The number of piperazine rings is 1. The predicted octanol–water partition coefficient (Wildman–Crippen LogP) is 6.47. The van der Waals surface area contributed by atoms with Crippen molar-refractivity contribution in [2.45, 2.75) is 59.0 Å². The van der Waals surface area contributed by atoms with Crippen LogP contribution in [0.3, 0.4) is 0 Å². The molecule has 1 saturated heterocycles. The first-order valence-corrected chi connectivity index (χ1v) is 18.4. The number of anilines is 2. The van der Waals surface area contributed by atoms with Gasteiger partial charge in [-0.3, -0.25) is 14.4 Å². The fourth-order valence-electron chi connectivity index (χ4n) is 5.69. The number of hydrogen-bond acceptors (Lipinski definition) is 8. The maximum Gasteiger partial charge on any atom is 0.407 e. The Kier molecular flexibility index (Phi) is 15.1. The van der Waals surface area contributed by atoms with E-state index >= 15 is 0 Å². The number of benzene rings is 3. The Hall–Kier alpha value is -5.10. The third-order valence-corrected chi connectivity index (χ3v) is 8.87. The van der Waals surface area contributed by atoms with E-state index in [0.717, 1.165) is 39.0 Å². The van der Waals surface area contributed by atoms with E-state index in [-0.39, 0.29) is 24.3 Å². The van der Waals surface area contributed by atoms with Crippen LogP contribution in [0.4, 0.5) is 16.2 Å². The summed E-state index contributed by atoms with van der Waals surface area (Å²) in [6.07, 6.45) is 2.17. The van der Waals surface area contributed by atoms with Crippen LogP contribution in [0.1, 0.15) is 74.1 Å². The van der Waals surface area contributed by atoms with Crippen molar-refractivity contribution >= 4 is 35.2 Å². The molecule has 1 unspecified atom stereocenters. The van der Waals surface area contributed by atoms with Crippen molar-refractivity contribution in [3.8, 4) is 11.5 Å². The first kappa shape index (κ1) is 40.7. The average Bonchev–Trinajstić information content (AvgIpc) is 3.13. The zero-order chi connectivity index (χ0) is 38.4. The molecule has 12 heteroatoms. The number of carbonyl (C=O) groups excluding carboxylic acids is 4. The summed E-state index contributed by atoms with van der Waals surface area (Å²) in [6.45, 7) is 12.1. The molecule has 1 aliphatic heterocycles. The number of likely N-dealkylation sites (N-methyl/N-ethyl adjacent to an activating group) is 1. The number of para-hydroxylation sites is 3. The van der Waals surface area contributed by atoms with Gasteiger partial charge >= 0.3 is 6.09 Å². The Balaban J connectivity index is 1.24. The molecule has 0 spiro atoms. The molecule has 1 fully saturated rings. The summed E-state index contributed by atoms with van der Waals surface area (Å²) in [5, 5.41) is 5.57. The maximum atomic E-state index is 13.5. The minimum atomic E-state index is -0.573. The summed E-state index contributed by atoms with van der Waals surface area (Å²) in [5.41, 5.74) is 1.40. The highest BCUT2D eigenvalue weighted by atomic mass is 16.6. The molecule has 1 heterocycles. The zero-order valence-electron chi connectivity index (χ0n) is 32.0. The lowest BCUT2D eigenvalue weighted by Gasteiger charge is -2.32. The van der Waals surface area contributed by atoms with Gasteiger partial charge in [-0.25, -0.2) is 4.79 Å². The summed E-state index contributed by atoms with van der Waals surface area (Å²) in [4.78, 5) is 56.9. The molecule has 53 heavy (non-hydrogen) atoms. The van der Waals surface area contributed by atoms with Gasteiger partial charge in [-0.2, -0.15) is 0 Å². The van der Waals surface area contributed by atoms with E-state index in [0.29, 0.717) is 65.9 Å². The van der Waals surface area contributed by atoms with Crippen LogP contribution in [-0.4, -0.2) is 99.2 Å². The molecule has 1 aliphatic rings. The van der Waals surface area contributed by atoms with Crippen LogP contribution < -0.4 is 25.0 Å². The number of hydrogen-bond donors (Lipinski definition) is 2. The van der Waals surface area contributed by atoms with Crippen molar-refractivity contribution in [3.63, 3.8) is 0 Å². The van der Waals surface area contributed by atoms with E-state index in [1.54, 1.807) is 81.2 Å². The Bertz CT molecular complexity index is 1670. The molecule has 2 N–H and O–H groups in total. The van der Waals surface area contributed by atoms with Crippen molar-refractivity contribution in [2.75, 3.05) is 70.2 Å². The highest BCUT2D eigenvalue weighted by molar-refractivity contribution is 6.08. The largest absolute Gasteiger partial charge is 0.493 e. The third kappa shape index (κ3) is 13.1. The van der Waals surface area contributed by atoms with Gasteiger partial charge in [-0.1, -0.05) is 31.2 Å². The Morgan fingerprint density at radius 1 is 0.830 bits per heavy atom. The molecule has 0 aromatic heterocycles. The van der Waals surface area contributed by atoms with Gasteiger partial charge in [0.2, 0.25) is 5.91 Å². The van der Waals surface area contributed by atoms with Crippen molar-refractivity contribution in [1.29, 1.82) is 0 Å². The van der Waals surface area contributed by atoms with Gasteiger partial charge in [-0.15, -0.1) is 0 Å². The summed E-state index contributed by atoms with van der Waals surface area (Å²) in [5.74, 6) is 0.981. The van der Waals surface area contributed by atoms with Crippen LogP contribution in [0, 0.1) is 5.92 Å². The quantitative estimate of drug-likeness (QED) is 0.161. The van der Waals surface area contributed by atoms with Crippen LogP contribution in [0.25, 0.3) is 0 Å². The zero-order valence-corrected chi connectivity index (χ0v) is 32.0. The fraction of sp³-hybridized carbons (Fsp3) is 0.463. The second kappa shape index (κ2) is 19.7. The van der Waals surface area contributed by atoms with E-state index in [9.17, 15) is 19.2 Å². The lowest BCUT2D eigenvalue weighted by atomic mass is 10.0. The highest BCUT2D eigenvalue weighted by Gasteiger charge is 2.21. The molecule has 0 saturated carbocycles. The number of ether oxygens (including phenoxy) is 3. The molecule has 12 nitrogen and oxygen atoms in total. The molecule has 0 radical (unpaired) electrons. The van der Waals surface area contributed by atoms with E-state index in [4.69, 9.17) is 14.2 Å². The number of nitrogens with zero attached hydrogens (tertiary/aromatic N) is 3. The predicted molar refractivity (Wildman–Crippen MR) is 207 cm³/mol. The van der Waals surface area contributed by atoms with Crippen molar-refractivity contribution < 1.29 is 33.4 Å². The fourth-order valence-corrected chi connectivity index (χ4v) is 5.69. The first-order chi connectivity index (χ1) is 25.3. The van der Waals surface area contributed by atoms with Gasteiger partial charge in [0.05, 0.1) is 24.5 Å². The second-order valence-corrected chi connectivity index (χ2v) is 14.5. The minimum absolute atomic E-state index is 0.223. The Labute approximate surface area is 313 Å². The summed E-state index contributed by atoms with van der Waals surface area (Å²) < 4.78 is 17.2. The Morgan fingerprint density at radius 3 is 2.17 bits per heavy atom. The lowest BCUT2D eigenvalue weighted by molar-refractivity contribution is -0.133. The van der Waals surface area contributed by atoms with Gasteiger partial charge in [0.25, 0.3) is 11.8 Å². The number of nitrogens with one attached hydrogen (secondary N) is 2.